The van der Waals surface area contributed by atoms with Crippen molar-refractivity contribution in [2.75, 3.05) is 26.2 Å². The van der Waals surface area contributed by atoms with Crippen molar-refractivity contribution in [1.82, 2.24) is 9.80 Å². The summed E-state index contributed by atoms with van der Waals surface area (Å²) in [4.78, 5) is 27.8. The SMILES string of the molecule is CCCCCCCCCCCCCCCCCCCN(CCCCCCCCCCCCCCCCCCC)C(CC)CC(=O)[O-].CCCCCCCCCCCCCCCCCCCN(CCCCCCCCCCCCCCCCCCC)C(CC)CC(=O)[O-].[Ca+2]. The fraction of sp³-hybridized carbons (Fsp3) is 0.977. The number of nitrogens with zero attached hydrogens (tertiary/aromatic N) is 2. The fourth-order valence-electron chi connectivity index (χ4n) is 14.6. The molecule has 0 aromatic heterocycles. The Kier molecular flexibility index (Phi) is 90.3. The Bertz CT molecular complexity index is 1190. The van der Waals surface area contributed by atoms with Crippen molar-refractivity contribution >= 4 is 49.7 Å². The van der Waals surface area contributed by atoms with Gasteiger partial charge in [0.25, 0.3) is 0 Å². The summed E-state index contributed by atoms with van der Waals surface area (Å²) in [6, 6.07) is 0.291. The van der Waals surface area contributed by atoms with Gasteiger partial charge in [0.1, 0.15) is 0 Å². The molecule has 552 valence electrons. The molecule has 0 heterocycles. The molecule has 0 aliphatic carbocycles. The van der Waals surface area contributed by atoms with Gasteiger partial charge in [0, 0.05) is 36.9 Å². The summed E-state index contributed by atoms with van der Waals surface area (Å²) in [6.45, 7) is 17.7. The van der Waals surface area contributed by atoms with Crippen molar-refractivity contribution in [3.05, 3.63) is 0 Å². The second kappa shape index (κ2) is 86.3. The second-order valence-corrected chi connectivity index (χ2v) is 30.0. The van der Waals surface area contributed by atoms with Crippen LogP contribution in [0.2, 0.25) is 0 Å². The molecule has 0 bridgehead atoms. The van der Waals surface area contributed by atoms with E-state index in [2.05, 4.69) is 51.3 Å². The van der Waals surface area contributed by atoms with E-state index >= 15 is 0 Å². The molecule has 0 rings (SSSR count). The van der Waals surface area contributed by atoms with Gasteiger partial charge in [0.15, 0.2) is 0 Å². The molecule has 0 spiro atoms. The molecular formula is C86H172CaN2O4. The second-order valence-electron chi connectivity index (χ2n) is 30.0. The molecule has 0 aliphatic heterocycles. The number of unbranched alkanes of at least 4 members (excludes halogenated alkanes) is 64. The average molecular weight is 1340 g/mol. The van der Waals surface area contributed by atoms with Crippen LogP contribution < -0.4 is 10.2 Å². The van der Waals surface area contributed by atoms with E-state index < -0.39 is 11.9 Å². The summed E-state index contributed by atoms with van der Waals surface area (Å²) >= 11 is 0. The molecule has 0 saturated carbocycles. The van der Waals surface area contributed by atoms with Crippen LogP contribution in [-0.2, 0) is 9.59 Å². The largest absolute Gasteiger partial charge is 2.00 e. The van der Waals surface area contributed by atoms with Gasteiger partial charge in [-0.25, -0.2) is 0 Å². The van der Waals surface area contributed by atoms with Crippen molar-refractivity contribution in [3.8, 4) is 0 Å². The van der Waals surface area contributed by atoms with Gasteiger partial charge >= 0.3 is 37.7 Å². The van der Waals surface area contributed by atoms with E-state index in [1.54, 1.807) is 0 Å². The fourth-order valence-corrected chi connectivity index (χ4v) is 14.6. The normalized spacial score (nSPS) is 12.2. The van der Waals surface area contributed by atoms with Gasteiger partial charge in [0.05, 0.1) is 0 Å². The minimum absolute atomic E-state index is 0. The molecule has 6 nitrogen and oxygen atoms in total. The van der Waals surface area contributed by atoms with Crippen molar-refractivity contribution in [3.63, 3.8) is 0 Å². The molecule has 0 radical (unpaired) electrons. The first-order valence-electron chi connectivity index (χ1n) is 43.2. The van der Waals surface area contributed by atoms with Crippen LogP contribution in [-0.4, -0.2) is 97.7 Å². The summed E-state index contributed by atoms with van der Waals surface area (Å²) in [6.07, 6.45) is 97.2. The third-order valence-electron chi connectivity index (χ3n) is 21.0. The smallest absolute Gasteiger partial charge is 0.550 e. The zero-order chi connectivity index (χ0) is 67.2. The number of carbonyl (C=O) groups excluding carboxylic acids is 2. The van der Waals surface area contributed by atoms with Gasteiger partial charge in [-0.3, -0.25) is 0 Å². The van der Waals surface area contributed by atoms with Crippen molar-refractivity contribution < 1.29 is 19.8 Å². The molecule has 0 aromatic rings. The molecule has 0 saturated heterocycles. The van der Waals surface area contributed by atoms with E-state index in [0.29, 0.717) is 0 Å². The number of rotatable bonds is 80. The van der Waals surface area contributed by atoms with Gasteiger partial charge in [-0.15, -0.1) is 0 Å². The third-order valence-corrected chi connectivity index (χ3v) is 21.0. The number of hydrogen-bond acceptors (Lipinski definition) is 6. The number of carboxylic acid groups (broad SMARTS) is 2. The maximum absolute atomic E-state index is 11.4. The number of aliphatic carboxylic acids is 2. The van der Waals surface area contributed by atoms with Crippen molar-refractivity contribution in [2.24, 2.45) is 0 Å². The Morgan fingerprint density at radius 2 is 0.312 bits per heavy atom. The van der Waals surface area contributed by atoms with Crippen LogP contribution in [0.3, 0.4) is 0 Å². The maximum Gasteiger partial charge on any atom is 2.00 e. The molecule has 0 amide bonds. The average Bonchev–Trinajstić information content (AvgIpc) is 2.16. The maximum atomic E-state index is 11.4. The first-order valence-corrected chi connectivity index (χ1v) is 43.2. The number of carbonyl (C=O) groups is 2. The molecule has 7 heteroatoms. The predicted molar refractivity (Wildman–Crippen MR) is 413 cm³/mol. The summed E-state index contributed by atoms with van der Waals surface area (Å²) in [5.41, 5.74) is 0. The van der Waals surface area contributed by atoms with Crippen LogP contribution >= 0.6 is 0 Å². The van der Waals surface area contributed by atoms with E-state index in [4.69, 9.17) is 0 Å². The molecule has 2 atom stereocenters. The van der Waals surface area contributed by atoms with Gasteiger partial charge in [0.2, 0.25) is 0 Å². The van der Waals surface area contributed by atoms with Crippen LogP contribution in [0, 0.1) is 0 Å². The van der Waals surface area contributed by atoms with E-state index in [9.17, 15) is 19.8 Å². The molecule has 93 heavy (non-hydrogen) atoms. The van der Waals surface area contributed by atoms with E-state index in [1.807, 2.05) is 0 Å². The summed E-state index contributed by atoms with van der Waals surface area (Å²) in [5.74, 6) is -1.77. The van der Waals surface area contributed by atoms with Gasteiger partial charge in [-0.05, 0) is 64.7 Å². The summed E-state index contributed by atoms with van der Waals surface area (Å²) < 4.78 is 0. The molecule has 0 fully saturated rings. The minimum Gasteiger partial charge on any atom is -0.550 e. The number of hydrogen-bond donors (Lipinski definition) is 0. The Labute approximate surface area is 616 Å². The van der Waals surface area contributed by atoms with Crippen LogP contribution in [0.25, 0.3) is 0 Å². The van der Waals surface area contributed by atoms with Crippen molar-refractivity contribution in [1.29, 1.82) is 0 Å². The molecule has 0 aliphatic rings. The Balaban J connectivity index is -0.00000172. The van der Waals surface area contributed by atoms with Crippen LogP contribution in [0.4, 0.5) is 0 Å². The Morgan fingerprint density at radius 3 is 0.409 bits per heavy atom. The van der Waals surface area contributed by atoms with Crippen molar-refractivity contribution in [2.45, 2.75) is 516 Å². The first-order chi connectivity index (χ1) is 45.3. The Morgan fingerprint density at radius 1 is 0.204 bits per heavy atom. The number of carboxylic acids is 2. The van der Waals surface area contributed by atoms with Gasteiger partial charge < -0.3 is 29.6 Å². The summed E-state index contributed by atoms with van der Waals surface area (Å²) in [7, 11) is 0. The third kappa shape index (κ3) is 81.0. The van der Waals surface area contributed by atoms with Crippen LogP contribution in [0.1, 0.15) is 504 Å². The topological polar surface area (TPSA) is 86.7 Å². The predicted octanol–water partition coefficient (Wildman–Crippen LogP) is 26.6. The summed E-state index contributed by atoms with van der Waals surface area (Å²) in [5, 5.41) is 22.8. The molecular weight excluding hydrogens is 1170 g/mol. The quantitative estimate of drug-likeness (QED) is 0.0445. The zero-order valence-electron chi connectivity index (χ0n) is 65.1. The monoisotopic (exact) mass is 1340 g/mol. The molecule has 0 N–H and O–H groups in total. The zero-order valence-corrected chi connectivity index (χ0v) is 67.3. The molecule has 2 unspecified atom stereocenters. The van der Waals surface area contributed by atoms with E-state index in [1.165, 1.54) is 437 Å². The Hall–Kier alpha value is 0.120. The van der Waals surface area contributed by atoms with Crippen LogP contribution in [0.15, 0.2) is 0 Å². The molecule has 0 aromatic carbocycles. The van der Waals surface area contributed by atoms with E-state index in [0.717, 1.165) is 39.0 Å². The van der Waals surface area contributed by atoms with Crippen LogP contribution in [0.5, 0.6) is 0 Å². The minimum atomic E-state index is -0.887. The van der Waals surface area contributed by atoms with Gasteiger partial charge in [-0.2, -0.15) is 0 Å². The standard InChI is InChI=1S/2C43H87NO2.Ca/c2*1-4-7-9-11-13-15-17-19-21-23-25-27-29-31-33-35-37-39-44(42(6-3)41-43(45)46)40-38-36-34-32-30-28-26-24-22-20-18-16-14-12-10-8-5-2;/h2*42H,4-41H2,1-3H3,(H,45,46);/q;;+2/p-2. The van der Waals surface area contributed by atoms with E-state index in [-0.39, 0.29) is 62.7 Å². The first kappa shape index (κ1) is 97.3. The van der Waals surface area contributed by atoms with Gasteiger partial charge in [-0.1, -0.05) is 452 Å².